The Morgan fingerprint density at radius 3 is 2.88 bits per heavy atom. The number of thioether (sulfide) groups is 1. The van der Waals surface area contributed by atoms with Gasteiger partial charge in [0.15, 0.2) is 0 Å². The van der Waals surface area contributed by atoms with Crippen LogP contribution in [0.1, 0.15) is 38.2 Å². The maximum Gasteiger partial charge on any atom is 0.0107 e. The Morgan fingerprint density at radius 1 is 1.29 bits per heavy atom. The lowest BCUT2D eigenvalue weighted by molar-refractivity contribution is 0.394. The highest BCUT2D eigenvalue weighted by molar-refractivity contribution is 8.00. The van der Waals surface area contributed by atoms with Crippen molar-refractivity contribution in [3.63, 3.8) is 0 Å². The molecule has 0 radical (unpaired) electrons. The normalized spacial score (nSPS) is 24.8. The van der Waals surface area contributed by atoms with Crippen LogP contribution in [-0.4, -0.2) is 11.8 Å². The van der Waals surface area contributed by atoms with E-state index >= 15 is 0 Å². The van der Waals surface area contributed by atoms with Crippen LogP contribution >= 0.6 is 11.8 Å². The van der Waals surface area contributed by atoms with E-state index < -0.39 is 0 Å². The van der Waals surface area contributed by atoms with Crippen LogP contribution in [0.15, 0.2) is 29.2 Å². The fraction of sp³-hybridized carbons (Fsp3) is 0.600. The summed E-state index contributed by atoms with van der Waals surface area (Å²) in [5.41, 5.74) is 7.10. The summed E-state index contributed by atoms with van der Waals surface area (Å²) in [5.74, 6) is 0.905. The fourth-order valence-corrected chi connectivity index (χ4v) is 4.19. The number of rotatable bonds is 4. The Hall–Kier alpha value is -0.470. The zero-order chi connectivity index (χ0) is 12.1. The largest absolute Gasteiger partial charge is 0.330 e. The first-order valence-corrected chi connectivity index (χ1v) is 7.62. The lowest BCUT2D eigenvalue weighted by Crippen LogP contribution is -2.15. The lowest BCUT2D eigenvalue weighted by atomic mass is 9.91. The van der Waals surface area contributed by atoms with Gasteiger partial charge in [-0.15, -0.1) is 11.8 Å². The zero-order valence-electron chi connectivity index (χ0n) is 10.7. The summed E-state index contributed by atoms with van der Waals surface area (Å²) in [5, 5.41) is 0.817. The van der Waals surface area contributed by atoms with E-state index in [2.05, 4.69) is 43.0 Å². The van der Waals surface area contributed by atoms with E-state index in [1.807, 2.05) is 0 Å². The van der Waals surface area contributed by atoms with Gasteiger partial charge >= 0.3 is 0 Å². The molecule has 2 N–H and O–H groups in total. The highest BCUT2D eigenvalue weighted by Gasteiger charge is 2.20. The highest BCUT2D eigenvalue weighted by Crippen LogP contribution is 2.37. The van der Waals surface area contributed by atoms with Crippen LogP contribution < -0.4 is 5.73 Å². The number of hydrogen-bond donors (Lipinski definition) is 1. The lowest BCUT2D eigenvalue weighted by Gasteiger charge is -2.26. The van der Waals surface area contributed by atoms with Crippen molar-refractivity contribution in [2.75, 3.05) is 6.54 Å². The second-order valence-corrected chi connectivity index (χ2v) is 6.50. The van der Waals surface area contributed by atoms with Crippen molar-refractivity contribution < 1.29 is 0 Å². The maximum absolute atomic E-state index is 5.68. The van der Waals surface area contributed by atoms with Crippen molar-refractivity contribution >= 4 is 11.8 Å². The molecule has 0 heterocycles. The Balaban J connectivity index is 2.01. The number of nitrogens with two attached hydrogens (primary N) is 1. The third kappa shape index (κ3) is 3.75. The van der Waals surface area contributed by atoms with Gasteiger partial charge in [0, 0.05) is 10.1 Å². The van der Waals surface area contributed by atoms with E-state index in [-0.39, 0.29) is 0 Å². The molecule has 1 aromatic carbocycles. The summed E-state index contributed by atoms with van der Waals surface area (Å²) in [4.78, 5) is 1.46. The van der Waals surface area contributed by atoms with Crippen molar-refractivity contribution in [3.8, 4) is 0 Å². The van der Waals surface area contributed by atoms with Crippen LogP contribution in [0.4, 0.5) is 0 Å². The molecule has 17 heavy (non-hydrogen) atoms. The number of benzene rings is 1. The Kier molecular flexibility index (Phi) is 4.93. The smallest absolute Gasteiger partial charge is 0.0107 e. The quantitative estimate of drug-likeness (QED) is 0.877. The molecule has 2 rings (SSSR count). The van der Waals surface area contributed by atoms with Gasteiger partial charge < -0.3 is 5.73 Å². The van der Waals surface area contributed by atoms with E-state index in [1.54, 1.807) is 0 Å². The van der Waals surface area contributed by atoms with Crippen molar-refractivity contribution in [2.24, 2.45) is 11.7 Å². The molecule has 0 aliphatic heterocycles. The molecule has 2 heteroatoms. The predicted octanol–water partition coefficient (Wildman–Crippen LogP) is 3.86. The van der Waals surface area contributed by atoms with E-state index in [1.165, 1.54) is 36.1 Å². The van der Waals surface area contributed by atoms with Crippen LogP contribution in [0.3, 0.4) is 0 Å². The van der Waals surface area contributed by atoms with Gasteiger partial charge in [0.05, 0.1) is 0 Å². The molecule has 1 aliphatic rings. The number of hydrogen-bond acceptors (Lipinski definition) is 2. The van der Waals surface area contributed by atoms with Gasteiger partial charge in [0.2, 0.25) is 0 Å². The minimum atomic E-state index is 0.749. The van der Waals surface area contributed by atoms with Crippen LogP contribution in [0.5, 0.6) is 0 Å². The minimum Gasteiger partial charge on any atom is -0.330 e. The van der Waals surface area contributed by atoms with Gasteiger partial charge in [-0.05, 0) is 43.4 Å². The van der Waals surface area contributed by atoms with Gasteiger partial charge in [-0.3, -0.25) is 0 Å². The van der Waals surface area contributed by atoms with Crippen LogP contribution in [0, 0.1) is 5.92 Å². The van der Waals surface area contributed by atoms with Gasteiger partial charge in [-0.25, -0.2) is 0 Å². The molecular formula is C15H23NS. The molecule has 2 unspecified atom stereocenters. The second kappa shape index (κ2) is 6.46. The molecule has 0 saturated heterocycles. The third-order valence-corrected chi connectivity index (χ3v) is 4.98. The molecule has 1 aromatic rings. The zero-order valence-corrected chi connectivity index (χ0v) is 11.5. The molecule has 94 valence electrons. The average molecular weight is 249 g/mol. The van der Waals surface area contributed by atoms with Crippen LogP contribution in [-0.2, 0) is 6.42 Å². The van der Waals surface area contributed by atoms with E-state index in [9.17, 15) is 0 Å². The van der Waals surface area contributed by atoms with Gasteiger partial charge in [-0.1, -0.05) is 38.0 Å². The Morgan fingerprint density at radius 2 is 2.12 bits per heavy atom. The molecule has 1 aliphatic carbocycles. The molecule has 0 aromatic heterocycles. The third-order valence-electron chi connectivity index (χ3n) is 3.57. The van der Waals surface area contributed by atoms with Gasteiger partial charge in [0.1, 0.15) is 0 Å². The molecule has 0 bridgehead atoms. The Labute approximate surface area is 109 Å². The molecule has 0 amide bonds. The molecule has 0 spiro atoms. The molecule has 2 atom stereocenters. The van der Waals surface area contributed by atoms with Gasteiger partial charge in [0.25, 0.3) is 0 Å². The minimum absolute atomic E-state index is 0.749. The molecule has 1 fully saturated rings. The van der Waals surface area contributed by atoms with Gasteiger partial charge in [-0.2, -0.15) is 0 Å². The summed E-state index contributed by atoms with van der Waals surface area (Å²) in [6.07, 6.45) is 6.58. The first kappa shape index (κ1) is 13.0. The van der Waals surface area contributed by atoms with Crippen LogP contribution in [0.2, 0.25) is 0 Å². The highest BCUT2D eigenvalue weighted by atomic mass is 32.2. The maximum atomic E-state index is 5.68. The monoisotopic (exact) mass is 249 g/mol. The Bertz CT molecular complexity index is 351. The topological polar surface area (TPSA) is 26.0 Å². The predicted molar refractivity (Wildman–Crippen MR) is 76.5 cm³/mol. The molecular weight excluding hydrogens is 226 g/mol. The van der Waals surface area contributed by atoms with E-state index in [0.29, 0.717) is 0 Å². The van der Waals surface area contributed by atoms with Crippen molar-refractivity contribution in [1.82, 2.24) is 0 Å². The first-order valence-electron chi connectivity index (χ1n) is 6.74. The van der Waals surface area contributed by atoms with Crippen molar-refractivity contribution in [2.45, 2.75) is 49.2 Å². The average Bonchev–Trinajstić information content (AvgIpc) is 2.32. The van der Waals surface area contributed by atoms with Crippen molar-refractivity contribution in [1.29, 1.82) is 0 Å². The summed E-state index contributed by atoms with van der Waals surface area (Å²) in [6, 6.07) is 8.75. The summed E-state index contributed by atoms with van der Waals surface area (Å²) < 4.78 is 0. The first-order chi connectivity index (χ1) is 8.29. The van der Waals surface area contributed by atoms with Crippen molar-refractivity contribution in [3.05, 3.63) is 29.8 Å². The summed E-state index contributed by atoms with van der Waals surface area (Å²) in [7, 11) is 0. The molecule has 1 nitrogen and oxygen atoms in total. The second-order valence-electron chi connectivity index (χ2n) is 5.16. The standard InChI is InChI=1S/C15H23NS/c1-12-5-4-7-14(11-12)17-15-8-3-2-6-13(15)9-10-16/h2-3,6,8,12,14H,4-5,7,9-11,16H2,1H3. The molecule has 1 saturated carbocycles. The summed E-state index contributed by atoms with van der Waals surface area (Å²) >= 11 is 2.08. The van der Waals surface area contributed by atoms with Crippen LogP contribution in [0.25, 0.3) is 0 Å². The van der Waals surface area contributed by atoms with E-state index in [0.717, 1.165) is 24.1 Å². The van der Waals surface area contributed by atoms with E-state index in [4.69, 9.17) is 5.73 Å². The SMILES string of the molecule is CC1CCCC(Sc2ccccc2CCN)C1. The fourth-order valence-electron chi connectivity index (χ4n) is 2.65. The summed E-state index contributed by atoms with van der Waals surface area (Å²) in [6.45, 7) is 3.14.